The van der Waals surface area contributed by atoms with Gasteiger partial charge < -0.3 is 15.2 Å². The second-order valence-electron chi connectivity index (χ2n) is 6.85. The molecule has 1 saturated carbocycles. The zero-order valence-electron chi connectivity index (χ0n) is 13.8. The molecule has 1 aliphatic heterocycles. The van der Waals surface area contributed by atoms with Crippen LogP contribution in [0, 0.1) is 0 Å². The number of amides is 1. The summed E-state index contributed by atoms with van der Waals surface area (Å²) in [5.41, 5.74) is 0.190. The Kier molecular flexibility index (Phi) is 5.02. The molecule has 128 valence electrons. The van der Waals surface area contributed by atoms with Crippen LogP contribution in [0.2, 0.25) is 0 Å². The van der Waals surface area contributed by atoms with E-state index < -0.39 is 5.60 Å². The number of carbonyl (C=O) groups excluding carboxylic acids is 1. The molecule has 0 unspecified atom stereocenters. The molecule has 2 atom stereocenters. The molecule has 1 aromatic rings. The van der Waals surface area contributed by atoms with E-state index in [0.717, 1.165) is 50.6 Å². The van der Waals surface area contributed by atoms with E-state index in [2.05, 4.69) is 10.4 Å². The molecule has 23 heavy (non-hydrogen) atoms. The van der Waals surface area contributed by atoms with E-state index >= 15 is 0 Å². The van der Waals surface area contributed by atoms with Crippen molar-refractivity contribution in [1.29, 1.82) is 0 Å². The van der Waals surface area contributed by atoms with Crippen molar-refractivity contribution in [2.75, 3.05) is 6.61 Å². The van der Waals surface area contributed by atoms with Crippen LogP contribution in [0.25, 0.3) is 0 Å². The molecular formula is C17H27N3O3. The topological polar surface area (TPSA) is 76.4 Å². The average Bonchev–Trinajstić information content (AvgIpc) is 3.15. The number of aryl methyl sites for hydroxylation is 1. The Hall–Kier alpha value is -1.40. The minimum absolute atomic E-state index is 0.0378. The van der Waals surface area contributed by atoms with Crippen LogP contribution < -0.4 is 5.32 Å². The number of hydrogen-bond donors (Lipinski definition) is 2. The number of carbonyl (C=O) groups is 1. The predicted molar refractivity (Wildman–Crippen MR) is 85.8 cm³/mol. The van der Waals surface area contributed by atoms with Crippen LogP contribution in [-0.2, 0) is 16.1 Å². The molecule has 3 rings (SSSR count). The normalized spacial score (nSPS) is 27.0. The number of ether oxygens (including phenoxy) is 1. The standard InChI is InChI=1S/C17H27N3O3/c1-2-20-12-13(11-18-20)16-14(6-9-23-16)19-15(21)10-17(22)7-4-3-5-8-17/h11-12,14,16,22H,2-10H2,1H3,(H,19,21)/t14-,16+/m0/s1. The SMILES string of the molecule is CCn1cc([C@H]2OCC[C@@H]2NC(=O)CC2(O)CCCCC2)cn1. The molecule has 0 spiro atoms. The molecule has 1 aromatic heterocycles. The van der Waals surface area contributed by atoms with Crippen LogP contribution in [0.15, 0.2) is 12.4 Å². The van der Waals surface area contributed by atoms with Crippen molar-refractivity contribution in [3.8, 4) is 0 Å². The lowest BCUT2D eigenvalue weighted by atomic mass is 9.82. The fourth-order valence-electron chi connectivity index (χ4n) is 3.71. The zero-order valence-corrected chi connectivity index (χ0v) is 13.8. The van der Waals surface area contributed by atoms with Gasteiger partial charge in [0.2, 0.25) is 5.91 Å². The van der Waals surface area contributed by atoms with Gasteiger partial charge in [-0.1, -0.05) is 19.3 Å². The molecule has 2 fully saturated rings. The van der Waals surface area contributed by atoms with Crippen LogP contribution in [0.3, 0.4) is 0 Å². The minimum Gasteiger partial charge on any atom is -0.389 e. The second-order valence-corrected chi connectivity index (χ2v) is 6.85. The quantitative estimate of drug-likeness (QED) is 0.869. The molecule has 2 heterocycles. The van der Waals surface area contributed by atoms with Gasteiger partial charge in [0.15, 0.2) is 0 Å². The molecule has 2 N–H and O–H groups in total. The molecule has 6 heteroatoms. The van der Waals surface area contributed by atoms with Crippen molar-refractivity contribution in [2.24, 2.45) is 0 Å². The average molecular weight is 321 g/mol. The van der Waals surface area contributed by atoms with Gasteiger partial charge in [0, 0.05) is 24.9 Å². The summed E-state index contributed by atoms with van der Waals surface area (Å²) < 4.78 is 7.66. The van der Waals surface area contributed by atoms with Gasteiger partial charge in [-0.25, -0.2) is 0 Å². The summed E-state index contributed by atoms with van der Waals surface area (Å²) in [6.07, 6.45) is 9.28. The lowest BCUT2D eigenvalue weighted by Gasteiger charge is -2.32. The van der Waals surface area contributed by atoms with E-state index in [0.29, 0.717) is 6.61 Å². The third kappa shape index (κ3) is 3.93. The summed E-state index contributed by atoms with van der Waals surface area (Å²) in [6, 6.07) is -0.0378. The number of aromatic nitrogens is 2. The van der Waals surface area contributed by atoms with Crippen LogP contribution in [0.4, 0.5) is 0 Å². The molecule has 1 saturated heterocycles. The van der Waals surface area contributed by atoms with Crippen molar-refractivity contribution >= 4 is 5.91 Å². The van der Waals surface area contributed by atoms with E-state index in [4.69, 9.17) is 4.74 Å². The Labute approximate surface area is 137 Å². The van der Waals surface area contributed by atoms with Crippen molar-refractivity contribution < 1.29 is 14.6 Å². The number of aliphatic hydroxyl groups is 1. The van der Waals surface area contributed by atoms with Gasteiger partial charge in [-0.2, -0.15) is 5.10 Å². The maximum Gasteiger partial charge on any atom is 0.223 e. The van der Waals surface area contributed by atoms with E-state index in [1.165, 1.54) is 0 Å². The minimum atomic E-state index is -0.815. The molecule has 1 amide bonds. The number of rotatable bonds is 5. The monoisotopic (exact) mass is 321 g/mol. The molecular weight excluding hydrogens is 294 g/mol. The van der Waals surface area contributed by atoms with E-state index in [1.54, 1.807) is 0 Å². The maximum absolute atomic E-state index is 12.4. The number of hydrogen-bond acceptors (Lipinski definition) is 4. The van der Waals surface area contributed by atoms with Crippen molar-refractivity contribution in [1.82, 2.24) is 15.1 Å². The molecule has 1 aliphatic carbocycles. The number of nitrogens with zero attached hydrogens (tertiary/aromatic N) is 2. The Morgan fingerprint density at radius 3 is 2.96 bits per heavy atom. The van der Waals surface area contributed by atoms with Gasteiger partial charge in [0.05, 0.1) is 24.3 Å². The fraction of sp³-hybridized carbons (Fsp3) is 0.765. The van der Waals surface area contributed by atoms with Crippen molar-refractivity contribution in [3.05, 3.63) is 18.0 Å². The molecule has 2 aliphatic rings. The lowest BCUT2D eigenvalue weighted by molar-refractivity contribution is -0.128. The highest BCUT2D eigenvalue weighted by Crippen LogP contribution is 2.32. The van der Waals surface area contributed by atoms with E-state index in [1.807, 2.05) is 24.0 Å². The lowest BCUT2D eigenvalue weighted by Crippen LogP contribution is -2.42. The maximum atomic E-state index is 12.4. The van der Waals surface area contributed by atoms with Crippen LogP contribution in [-0.4, -0.2) is 39.0 Å². The first-order valence-corrected chi connectivity index (χ1v) is 8.75. The summed E-state index contributed by atoms with van der Waals surface area (Å²) in [6.45, 7) is 3.49. The van der Waals surface area contributed by atoms with Crippen molar-refractivity contribution in [3.63, 3.8) is 0 Å². The highest BCUT2D eigenvalue weighted by atomic mass is 16.5. The summed E-state index contributed by atoms with van der Waals surface area (Å²) in [7, 11) is 0. The summed E-state index contributed by atoms with van der Waals surface area (Å²) >= 11 is 0. The first-order valence-electron chi connectivity index (χ1n) is 8.75. The molecule has 0 bridgehead atoms. The third-order valence-electron chi connectivity index (χ3n) is 5.02. The predicted octanol–water partition coefficient (Wildman–Crippen LogP) is 1.93. The smallest absolute Gasteiger partial charge is 0.223 e. The van der Waals surface area contributed by atoms with E-state index in [-0.39, 0.29) is 24.5 Å². The van der Waals surface area contributed by atoms with Crippen molar-refractivity contribution in [2.45, 2.75) is 76.2 Å². The highest BCUT2D eigenvalue weighted by Gasteiger charge is 2.35. The zero-order chi connectivity index (χ0) is 16.3. The first-order chi connectivity index (χ1) is 11.1. The summed E-state index contributed by atoms with van der Waals surface area (Å²) in [4.78, 5) is 12.4. The van der Waals surface area contributed by atoms with Crippen LogP contribution in [0.5, 0.6) is 0 Å². The fourth-order valence-corrected chi connectivity index (χ4v) is 3.71. The third-order valence-corrected chi connectivity index (χ3v) is 5.02. The largest absolute Gasteiger partial charge is 0.389 e. The molecule has 0 aromatic carbocycles. The Morgan fingerprint density at radius 1 is 1.48 bits per heavy atom. The summed E-state index contributed by atoms with van der Waals surface area (Å²) in [5, 5.41) is 17.9. The Bertz CT molecular complexity index is 537. The Morgan fingerprint density at radius 2 is 2.26 bits per heavy atom. The van der Waals surface area contributed by atoms with Gasteiger partial charge in [0.1, 0.15) is 6.10 Å². The van der Waals surface area contributed by atoms with Gasteiger partial charge >= 0.3 is 0 Å². The van der Waals surface area contributed by atoms with Gasteiger partial charge in [-0.15, -0.1) is 0 Å². The van der Waals surface area contributed by atoms with E-state index in [9.17, 15) is 9.90 Å². The summed E-state index contributed by atoms with van der Waals surface area (Å²) in [5.74, 6) is -0.0715. The van der Waals surface area contributed by atoms with Crippen LogP contribution in [0.1, 0.15) is 63.5 Å². The van der Waals surface area contributed by atoms with Crippen LogP contribution >= 0.6 is 0 Å². The van der Waals surface area contributed by atoms with Gasteiger partial charge in [-0.05, 0) is 26.2 Å². The molecule has 0 radical (unpaired) electrons. The highest BCUT2D eigenvalue weighted by molar-refractivity contribution is 5.77. The van der Waals surface area contributed by atoms with Gasteiger partial charge in [-0.3, -0.25) is 9.48 Å². The molecule has 6 nitrogen and oxygen atoms in total. The Balaban J connectivity index is 1.58. The second kappa shape index (κ2) is 7.01. The first kappa shape index (κ1) is 16.5. The number of nitrogens with one attached hydrogen (secondary N) is 1. The van der Waals surface area contributed by atoms with Gasteiger partial charge in [0.25, 0.3) is 0 Å².